The third-order valence-corrected chi connectivity index (χ3v) is 4.88. The number of hydrogen-bond acceptors (Lipinski definition) is 3. The minimum Gasteiger partial charge on any atom is -0.342 e. The highest BCUT2D eigenvalue weighted by atomic mass is 32.2. The summed E-state index contributed by atoms with van der Waals surface area (Å²) in [7, 11) is 0. The van der Waals surface area contributed by atoms with Crippen LogP contribution in [-0.2, 0) is 16.1 Å². The second-order valence-corrected chi connectivity index (χ2v) is 6.75. The fourth-order valence-corrected chi connectivity index (χ4v) is 3.42. The minimum absolute atomic E-state index is 0.0167. The Morgan fingerprint density at radius 2 is 1.95 bits per heavy atom. The largest absolute Gasteiger partial charge is 0.342 e. The Morgan fingerprint density at radius 1 is 1.18 bits per heavy atom. The van der Waals surface area contributed by atoms with Crippen LogP contribution in [0.5, 0.6) is 0 Å². The number of carbonyl (C=O) groups excluding carboxylic acids is 2. The summed E-state index contributed by atoms with van der Waals surface area (Å²) < 4.78 is 0. The van der Waals surface area contributed by atoms with E-state index in [1.807, 2.05) is 47.0 Å². The van der Waals surface area contributed by atoms with Crippen molar-refractivity contribution in [3.8, 4) is 0 Å². The van der Waals surface area contributed by atoms with E-state index >= 15 is 0 Å². The van der Waals surface area contributed by atoms with Gasteiger partial charge in [-0.3, -0.25) is 9.59 Å². The minimum atomic E-state index is 0.0167. The normalized spacial score (nSPS) is 15.2. The Morgan fingerprint density at radius 3 is 2.68 bits per heavy atom. The van der Waals surface area contributed by atoms with Crippen molar-refractivity contribution in [1.29, 1.82) is 0 Å². The highest BCUT2D eigenvalue weighted by Gasteiger charge is 2.17. The molecule has 1 fully saturated rings. The number of rotatable bonds is 5. The van der Waals surface area contributed by atoms with Crippen molar-refractivity contribution in [3.05, 3.63) is 35.9 Å². The molecular formula is C17H24N2O2S. The van der Waals surface area contributed by atoms with Crippen LogP contribution in [0.3, 0.4) is 0 Å². The smallest absolute Gasteiger partial charge is 0.224 e. The molecule has 0 N–H and O–H groups in total. The van der Waals surface area contributed by atoms with Crippen LogP contribution in [0.2, 0.25) is 0 Å². The molecule has 0 saturated carbocycles. The highest BCUT2D eigenvalue weighted by Crippen LogP contribution is 2.12. The first kappa shape index (κ1) is 16.9. The molecule has 5 heteroatoms. The van der Waals surface area contributed by atoms with E-state index in [9.17, 15) is 9.59 Å². The van der Waals surface area contributed by atoms with Crippen LogP contribution in [0.25, 0.3) is 0 Å². The summed E-state index contributed by atoms with van der Waals surface area (Å²) in [5.41, 5.74) is 1.09. The molecular weight excluding hydrogens is 296 g/mol. The first-order chi connectivity index (χ1) is 10.7. The monoisotopic (exact) mass is 320 g/mol. The molecule has 0 atom stereocenters. The molecule has 4 nitrogen and oxygen atoms in total. The van der Waals surface area contributed by atoms with Gasteiger partial charge in [-0.05, 0) is 17.7 Å². The van der Waals surface area contributed by atoms with Crippen molar-refractivity contribution in [3.63, 3.8) is 0 Å². The summed E-state index contributed by atoms with van der Waals surface area (Å²) in [5, 5.41) is 0. The lowest BCUT2D eigenvalue weighted by Gasteiger charge is -2.24. The maximum absolute atomic E-state index is 12.3. The molecule has 2 rings (SSSR count). The molecule has 1 aromatic carbocycles. The van der Waals surface area contributed by atoms with Gasteiger partial charge < -0.3 is 9.80 Å². The van der Waals surface area contributed by atoms with Crippen molar-refractivity contribution in [2.24, 2.45) is 0 Å². The van der Waals surface area contributed by atoms with Crippen LogP contribution < -0.4 is 0 Å². The van der Waals surface area contributed by atoms with Crippen LogP contribution in [-0.4, -0.2) is 52.8 Å². The summed E-state index contributed by atoms with van der Waals surface area (Å²) in [5.74, 6) is 2.34. The van der Waals surface area contributed by atoms with Gasteiger partial charge in [0, 0.05) is 45.3 Å². The van der Waals surface area contributed by atoms with Crippen LogP contribution in [0, 0.1) is 0 Å². The van der Waals surface area contributed by atoms with Crippen LogP contribution >= 0.6 is 11.8 Å². The van der Waals surface area contributed by atoms with Gasteiger partial charge >= 0.3 is 0 Å². The van der Waals surface area contributed by atoms with Gasteiger partial charge in [-0.2, -0.15) is 11.8 Å². The predicted octanol–water partition coefficient (Wildman–Crippen LogP) is 2.39. The van der Waals surface area contributed by atoms with E-state index in [0.717, 1.165) is 36.6 Å². The summed E-state index contributed by atoms with van der Waals surface area (Å²) in [6, 6.07) is 9.90. The number of thioether (sulfide) groups is 1. The van der Waals surface area contributed by atoms with Crippen LogP contribution in [0.4, 0.5) is 0 Å². The van der Waals surface area contributed by atoms with Gasteiger partial charge in [0.25, 0.3) is 0 Å². The van der Waals surface area contributed by atoms with E-state index in [2.05, 4.69) is 0 Å². The van der Waals surface area contributed by atoms with E-state index in [1.54, 1.807) is 11.8 Å². The average molecular weight is 320 g/mol. The Balaban J connectivity index is 1.85. The molecule has 1 heterocycles. The third kappa shape index (κ3) is 5.37. The maximum atomic E-state index is 12.3. The maximum Gasteiger partial charge on any atom is 0.224 e. The number of benzene rings is 1. The fraction of sp³-hybridized carbons (Fsp3) is 0.529. The second-order valence-electron chi connectivity index (χ2n) is 5.52. The zero-order chi connectivity index (χ0) is 15.8. The third-order valence-electron chi connectivity index (χ3n) is 3.83. The molecule has 0 unspecified atom stereocenters. The van der Waals surface area contributed by atoms with Crippen molar-refractivity contribution in [1.82, 2.24) is 9.80 Å². The zero-order valence-electron chi connectivity index (χ0n) is 13.2. The number of nitrogens with zero attached hydrogens (tertiary/aromatic N) is 2. The van der Waals surface area contributed by atoms with E-state index in [4.69, 9.17) is 0 Å². The van der Waals surface area contributed by atoms with E-state index in [1.165, 1.54) is 0 Å². The van der Waals surface area contributed by atoms with Crippen molar-refractivity contribution >= 4 is 23.6 Å². The zero-order valence-corrected chi connectivity index (χ0v) is 14.0. The first-order valence-electron chi connectivity index (χ1n) is 7.82. The van der Waals surface area contributed by atoms with Gasteiger partial charge in [0.2, 0.25) is 11.8 Å². The molecule has 0 bridgehead atoms. The van der Waals surface area contributed by atoms with Gasteiger partial charge in [0.15, 0.2) is 0 Å². The lowest BCUT2D eigenvalue weighted by atomic mass is 10.2. The average Bonchev–Trinajstić information content (AvgIpc) is 2.81. The first-order valence-corrected chi connectivity index (χ1v) is 8.97. The summed E-state index contributed by atoms with van der Waals surface area (Å²) in [4.78, 5) is 27.8. The quantitative estimate of drug-likeness (QED) is 0.836. The molecule has 2 amide bonds. The van der Waals surface area contributed by atoms with Crippen molar-refractivity contribution in [2.75, 3.05) is 31.1 Å². The molecule has 22 heavy (non-hydrogen) atoms. The van der Waals surface area contributed by atoms with Gasteiger partial charge in [0.05, 0.1) is 0 Å². The van der Waals surface area contributed by atoms with Gasteiger partial charge in [-0.25, -0.2) is 0 Å². The molecule has 1 saturated heterocycles. The molecule has 0 spiro atoms. The van der Waals surface area contributed by atoms with Crippen LogP contribution in [0.15, 0.2) is 30.3 Å². The Kier molecular flexibility index (Phi) is 6.77. The van der Waals surface area contributed by atoms with E-state index < -0.39 is 0 Å². The molecule has 120 valence electrons. The Bertz CT molecular complexity index is 485. The van der Waals surface area contributed by atoms with Gasteiger partial charge in [-0.1, -0.05) is 30.3 Å². The topological polar surface area (TPSA) is 40.6 Å². The number of carbonyl (C=O) groups is 2. The summed E-state index contributed by atoms with van der Waals surface area (Å²) >= 11 is 1.91. The number of amides is 2. The van der Waals surface area contributed by atoms with Gasteiger partial charge in [-0.15, -0.1) is 0 Å². The lowest BCUT2D eigenvalue weighted by molar-refractivity contribution is -0.133. The number of hydrogen-bond donors (Lipinski definition) is 0. The van der Waals surface area contributed by atoms with E-state index in [-0.39, 0.29) is 11.8 Å². The summed E-state index contributed by atoms with van der Waals surface area (Å²) in [6.07, 6.45) is 1.48. The molecule has 0 aliphatic carbocycles. The van der Waals surface area contributed by atoms with Crippen molar-refractivity contribution < 1.29 is 9.59 Å². The second kappa shape index (κ2) is 8.83. The molecule has 0 aromatic heterocycles. The predicted molar refractivity (Wildman–Crippen MR) is 90.7 cm³/mol. The lowest BCUT2D eigenvalue weighted by Crippen LogP contribution is -2.37. The molecule has 1 aliphatic rings. The Labute approximate surface area is 136 Å². The molecule has 0 radical (unpaired) electrons. The standard InChI is InChI=1S/C17H24N2O2S/c1-15(20)19(14-16-6-3-2-4-7-16)10-8-17(21)18-9-5-12-22-13-11-18/h2-4,6-7H,5,8-14H2,1H3. The molecule has 1 aliphatic heterocycles. The van der Waals surface area contributed by atoms with E-state index in [0.29, 0.717) is 19.5 Å². The van der Waals surface area contributed by atoms with Gasteiger partial charge in [0.1, 0.15) is 0 Å². The Hall–Kier alpha value is -1.49. The fourth-order valence-electron chi connectivity index (χ4n) is 2.54. The van der Waals surface area contributed by atoms with Crippen LogP contribution in [0.1, 0.15) is 25.3 Å². The SMILES string of the molecule is CC(=O)N(CCC(=O)N1CCCSCC1)Cc1ccccc1. The highest BCUT2D eigenvalue weighted by molar-refractivity contribution is 7.99. The molecule has 1 aromatic rings. The summed E-state index contributed by atoms with van der Waals surface area (Å²) in [6.45, 7) is 4.31. The van der Waals surface area contributed by atoms with Crippen molar-refractivity contribution in [2.45, 2.75) is 26.3 Å².